The van der Waals surface area contributed by atoms with Gasteiger partial charge in [0, 0.05) is 12.2 Å². The van der Waals surface area contributed by atoms with Crippen LogP contribution in [0.2, 0.25) is 0 Å². The molecule has 132 valence electrons. The van der Waals surface area contributed by atoms with E-state index in [0.29, 0.717) is 25.8 Å². The standard InChI is InChI=1S/C18H25N3O2.ClH/c1-13-6-8-14(9-7-13)21-12-4-5-15(16(21)22)20-17(23)18(19)10-2-3-11-18;/h6-9,15H,2-5,10-12,19H2,1H3,(H,20,23);1H. The van der Waals surface area contributed by atoms with Crippen molar-refractivity contribution in [1.82, 2.24) is 5.32 Å². The van der Waals surface area contributed by atoms with Crippen molar-refractivity contribution in [2.45, 2.75) is 57.0 Å². The highest BCUT2D eigenvalue weighted by molar-refractivity contribution is 6.01. The Balaban J connectivity index is 0.00000208. The number of carbonyl (C=O) groups is 2. The molecule has 0 bridgehead atoms. The van der Waals surface area contributed by atoms with Gasteiger partial charge in [-0.1, -0.05) is 30.5 Å². The molecule has 1 unspecified atom stereocenters. The van der Waals surface area contributed by atoms with E-state index in [1.54, 1.807) is 4.90 Å². The Morgan fingerprint density at radius 1 is 1.21 bits per heavy atom. The van der Waals surface area contributed by atoms with Crippen molar-refractivity contribution in [2.24, 2.45) is 5.73 Å². The van der Waals surface area contributed by atoms with Crippen molar-refractivity contribution in [3.05, 3.63) is 29.8 Å². The van der Waals surface area contributed by atoms with Crippen LogP contribution in [0.15, 0.2) is 24.3 Å². The molecule has 1 saturated carbocycles. The van der Waals surface area contributed by atoms with Crippen molar-refractivity contribution in [1.29, 1.82) is 0 Å². The van der Waals surface area contributed by atoms with E-state index in [0.717, 1.165) is 30.5 Å². The molecule has 0 aromatic heterocycles. The second-order valence-corrected chi connectivity index (χ2v) is 6.86. The molecule has 0 radical (unpaired) electrons. The summed E-state index contributed by atoms with van der Waals surface area (Å²) in [5.41, 5.74) is 7.46. The first-order chi connectivity index (χ1) is 11.0. The number of rotatable bonds is 3. The molecule has 2 aliphatic rings. The number of halogens is 1. The topological polar surface area (TPSA) is 75.4 Å². The molecular formula is C18H26ClN3O2. The summed E-state index contributed by atoms with van der Waals surface area (Å²) in [7, 11) is 0. The van der Waals surface area contributed by atoms with Crippen molar-refractivity contribution in [3.8, 4) is 0 Å². The number of benzene rings is 1. The fraction of sp³-hybridized carbons (Fsp3) is 0.556. The summed E-state index contributed by atoms with van der Waals surface area (Å²) < 4.78 is 0. The van der Waals surface area contributed by atoms with E-state index >= 15 is 0 Å². The van der Waals surface area contributed by atoms with E-state index in [-0.39, 0.29) is 24.2 Å². The van der Waals surface area contributed by atoms with Crippen molar-refractivity contribution < 1.29 is 9.59 Å². The lowest BCUT2D eigenvalue weighted by molar-refractivity contribution is -0.131. The summed E-state index contributed by atoms with van der Waals surface area (Å²) in [6.07, 6.45) is 4.95. The maximum Gasteiger partial charge on any atom is 0.249 e. The Kier molecular flexibility index (Phi) is 5.88. The van der Waals surface area contributed by atoms with Gasteiger partial charge in [0.25, 0.3) is 0 Å². The Morgan fingerprint density at radius 2 is 1.83 bits per heavy atom. The number of anilines is 1. The van der Waals surface area contributed by atoms with Gasteiger partial charge in [0.1, 0.15) is 6.04 Å². The molecular weight excluding hydrogens is 326 g/mol. The molecule has 1 aromatic carbocycles. The van der Waals surface area contributed by atoms with Crippen LogP contribution in [0.1, 0.15) is 44.1 Å². The van der Waals surface area contributed by atoms with E-state index < -0.39 is 11.6 Å². The van der Waals surface area contributed by atoms with Crippen LogP contribution in [0.5, 0.6) is 0 Å². The van der Waals surface area contributed by atoms with Crippen LogP contribution in [-0.4, -0.2) is 29.9 Å². The SMILES string of the molecule is Cc1ccc(N2CCCC(NC(=O)C3(N)CCCC3)C2=O)cc1.Cl. The summed E-state index contributed by atoms with van der Waals surface area (Å²) in [5, 5.41) is 2.91. The maximum absolute atomic E-state index is 12.7. The molecule has 6 heteroatoms. The fourth-order valence-electron chi connectivity index (χ4n) is 3.53. The summed E-state index contributed by atoms with van der Waals surface area (Å²) in [4.78, 5) is 27.0. The number of aryl methyl sites for hydroxylation is 1. The third-order valence-electron chi connectivity index (χ3n) is 5.04. The Morgan fingerprint density at radius 3 is 2.46 bits per heavy atom. The third kappa shape index (κ3) is 3.73. The third-order valence-corrected chi connectivity index (χ3v) is 5.04. The molecule has 1 aromatic rings. The highest BCUT2D eigenvalue weighted by Crippen LogP contribution is 2.28. The predicted octanol–water partition coefficient (Wildman–Crippen LogP) is 2.30. The Labute approximate surface area is 149 Å². The summed E-state index contributed by atoms with van der Waals surface area (Å²) in [6, 6.07) is 7.45. The summed E-state index contributed by atoms with van der Waals surface area (Å²) in [5.74, 6) is -0.200. The Bertz CT molecular complexity index is 597. The monoisotopic (exact) mass is 351 g/mol. The zero-order valence-corrected chi connectivity index (χ0v) is 14.9. The van der Waals surface area contributed by atoms with Gasteiger partial charge in [-0.2, -0.15) is 0 Å². The summed E-state index contributed by atoms with van der Waals surface area (Å²) in [6.45, 7) is 2.72. The van der Waals surface area contributed by atoms with Gasteiger partial charge in [-0.05, 0) is 44.7 Å². The van der Waals surface area contributed by atoms with Gasteiger partial charge < -0.3 is 16.0 Å². The number of carbonyl (C=O) groups excluding carboxylic acids is 2. The number of piperidine rings is 1. The first-order valence-electron chi connectivity index (χ1n) is 8.47. The van der Waals surface area contributed by atoms with Gasteiger partial charge >= 0.3 is 0 Å². The van der Waals surface area contributed by atoms with E-state index in [1.165, 1.54) is 0 Å². The van der Waals surface area contributed by atoms with E-state index in [9.17, 15) is 9.59 Å². The molecule has 3 rings (SSSR count). The highest BCUT2D eigenvalue weighted by atomic mass is 35.5. The van der Waals surface area contributed by atoms with Crippen molar-refractivity contribution in [2.75, 3.05) is 11.4 Å². The van der Waals surface area contributed by atoms with Crippen LogP contribution in [0.25, 0.3) is 0 Å². The van der Waals surface area contributed by atoms with Crippen LogP contribution in [0.4, 0.5) is 5.69 Å². The molecule has 2 amide bonds. The second kappa shape index (κ2) is 7.53. The van der Waals surface area contributed by atoms with E-state index in [2.05, 4.69) is 5.32 Å². The first kappa shape index (κ1) is 18.7. The normalized spacial score (nSPS) is 22.8. The zero-order valence-electron chi connectivity index (χ0n) is 14.1. The lowest BCUT2D eigenvalue weighted by Gasteiger charge is -2.34. The second-order valence-electron chi connectivity index (χ2n) is 6.86. The molecule has 1 aliphatic heterocycles. The molecule has 5 nitrogen and oxygen atoms in total. The largest absolute Gasteiger partial charge is 0.343 e. The van der Waals surface area contributed by atoms with Gasteiger partial charge in [-0.3, -0.25) is 9.59 Å². The molecule has 1 aliphatic carbocycles. The fourth-order valence-corrected chi connectivity index (χ4v) is 3.53. The zero-order chi connectivity index (χ0) is 16.4. The van der Waals surface area contributed by atoms with Crippen LogP contribution in [0.3, 0.4) is 0 Å². The molecule has 1 saturated heterocycles. The quantitative estimate of drug-likeness (QED) is 0.877. The number of hydrogen-bond acceptors (Lipinski definition) is 3. The van der Waals surface area contributed by atoms with E-state index in [4.69, 9.17) is 5.73 Å². The van der Waals surface area contributed by atoms with Crippen molar-refractivity contribution >= 4 is 29.9 Å². The number of nitrogens with zero attached hydrogens (tertiary/aromatic N) is 1. The molecule has 2 fully saturated rings. The minimum atomic E-state index is -0.785. The lowest BCUT2D eigenvalue weighted by atomic mass is 9.96. The van der Waals surface area contributed by atoms with Crippen LogP contribution >= 0.6 is 12.4 Å². The first-order valence-corrected chi connectivity index (χ1v) is 8.47. The highest BCUT2D eigenvalue weighted by Gasteiger charge is 2.40. The molecule has 1 atom stereocenters. The van der Waals surface area contributed by atoms with Crippen LogP contribution < -0.4 is 16.0 Å². The van der Waals surface area contributed by atoms with Gasteiger partial charge in [0.05, 0.1) is 5.54 Å². The Hall–Kier alpha value is -1.59. The van der Waals surface area contributed by atoms with Crippen molar-refractivity contribution in [3.63, 3.8) is 0 Å². The average Bonchev–Trinajstić information content (AvgIpc) is 2.98. The summed E-state index contributed by atoms with van der Waals surface area (Å²) >= 11 is 0. The predicted molar refractivity (Wildman–Crippen MR) is 97.3 cm³/mol. The number of nitrogens with two attached hydrogens (primary N) is 1. The molecule has 0 spiro atoms. The van der Waals surface area contributed by atoms with Crippen LogP contribution in [0, 0.1) is 6.92 Å². The minimum absolute atomic E-state index is 0. The van der Waals surface area contributed by atoms with Gasteiger partial charge in [-0.25, -0.2) is 0 Å². The van der Waals surface area contributed by atoms with Gasteiger partial charge in [0.2, 0.25) is 11.8 Å². The smallest absolute Gasteiger partial charge is 0.249 e. The molecule has 1 heterocycles. The number of hydrogen-bond donors (Lipinski definition) is 2. The number of amides is 2. The number of nitrogens with one attached hydrogen (secondary N) is 1. The average molecular weight is 352 g/mol. The van der Waals surface area contributed by atoms with Gasteiger partial charge in [-0.15, -0.1) is 12.4 Å². The van der Waals surface area contributed by atoms with Crippen LogP contribution in [-0.2, 0) is 9.59 Å². The van der Waals surface area contributed by atoms with E-state index in [1.807, 2.05) is 31.2 Å². The molecule has 3 N–H and O–H groups in total. The maximum atomic E-state index is 12.7. The lowest BCUT2D eigenvalue weighted by Crippen LogP contribution is -2.59. The van der Waals surface area contributed by atoms with Gasteiger partial charge in [0.15, 0.2) is 0 Å². The molecule has 24 heavy (non-hydrogen) atoms. The minimum Gasteiger partial charge on any atom is -0.343 e.